The first-order valence-corrected chi connectivity index (χ1v) is 5.29. The Labute approximate surface area is 108 Å². The zero-order chi connectivity index (χ0) is 13.1. The maximum absolute atomic E-state index is 14.0. The molecule has 0 aliphatic heterocycles. The van der Waals surface area contributed by atoms with Crippen LogP contribution in [0.3, 0.4) is 0 Å². The van der Waals surface area contributed by atoms with Gasteiger partial charge in [0, 0.05) is 10.6 Å². The first-order chi connectivity index (χ1) is 8.67. The highest BCUT2D eigenvalue weighted by Crippen LogP contribution is 2.32. The van der Waals surface area contributed by atoms with Crippen molar-refractivity contribution in [3.8, 4) is 23.1 Å². The van der Waals surface area contributed by atoms with Gasteiger partial charge in [-0.1, -0.05) is 11.6 Å². The molecule has 0 bridgehead atoms. The Morgan fingerprint density at radius 2 is 2.17 bits per heavy atom. The smallest absolute Gasteiger partial charge is 0.186 e. The van der Waals surface area contributed by atoms with Crippen LogP contribution in [0.1, 0.15) is 5.69 Å². The van der Waals surface area contributed by atoms with Gasteiger partial charge in [0.25, 0.3) is 0 Å². The highest BCUT2D eigenvalue weighted by Gasteiger charge is 2.16. The third kappa shape index (κ3) is 2.11. The summed E-state index contributed by atoms with van der Waals surface area (Å²) in [6.07, 6.45) is 1.12. The third-order valence-corrected chi connectivity index (χ3v) is 2.55. The van der Waals surface area contributed by atoms with Crippen molar-refractivity contribution in [2.45, 2.75) is 0 Å². The van der Waals surface area contributed by atoms with E-state index in [-0.39, 0.29) is 11.4 Å². The van der Waals surface area contributed by atoms with Crippen LogP contribution in [0, 0.1) is 17.1 Å². The number of hydrogen-bond acceptors (Lipinski definition) is 4. The van der Waals surface area contributed by atoms with Gasteiger partial charge >= 0.3 is 0 Å². The van der Waals surface area contributed by atoms with E-state index in [4.69, 9.17) is 21.6 Å². The largest absolute Gasteiger partial charge is 0.496 e. The lowest BCUT2D eigenvalue weighted by atomic mass is 10.1. The van der Waals surface area contributed by atoms with E-state index in [1.807, 2.05) is 0 Å². The van der Waals surface area contributed by atoms with Crippen LogP contribution in [-0.4, -0.2) is 17.1 Å². The highest BCUT2D eigenvalue weighted by atomic mass is 35.5. The van der Waals surface area contributed by atoms with Crippen LogP contribution in [0.5, 0.6) is 5.75 Å². The number of rotatable bonds is 2. The van der Waals surface area contributed by atoms with Gasteiger partial charge in [0.2, 0.25) is 0 Å². The van der Waals surface area contributed by atoms with E-state index in [0.29, 0.717) is 16.3 Å². The molecule has 0 aliphatic rings. The van der Waals surface area contributed by atoms with Crippen molar-refractivity contribution < 1.29 is 9.13 Å². The average Bonchev–Trinajstić information content (AvgIpc) is 2.39. The summed E-state index contributed by atoms with van der Waals surface area (Å²) in [7, 11) is 1.46. The quantitative estimate of drug-likeness (QED) is 0.836. The molecule has 1 aromatic carbocycles. The summed E-state index contributed by atoms with van der Waals surface area (Å²) in [4.78, 5) is 7.37. The zero-order valence-corrected chi connectivity index (χ0v) is 10.1. The molecule has 6 heteroatoms. The van der Waals surface area contributed by atoms with Gasteiger partial charge in [0.15, 0.2) is 11.5 Å². The Kier molecular flexibility index (Phi) is 3.40. The van der Waals surface area contributed by atoms with Gasteiger partial charge < -0.3 is 4.74 Å². The number of aromatic nitrogens is 2. The van der Waals surface area contributed by atoms with Crippen LogP contribution in [-0.2, 0) is 0 Å². The SMILES string of the molecule is COc1ccc(Cl)cc1-c1ncnc(C#N)c1F. The normalized spacial score (nSPS) is 9.89. The van der Waals surface area contributed by atoms with E-state index in [0.717, 1.165) is 6.33 Å². The maximum atomic E-state index is 14.0. The minimum Gasteiger partial charge on any atom is -0.496 e. The van der Waals surface area contributed by atoms with E-state index < -0.39 is 5.82 Å². The van der Waals surface area contributed by atoms with Gasteiger partial charge in [-0.2, -0.15) is 5.26 Å². The van der Waals surface area contributed by atoms with E-state index in [9.17, 15) is 4.39 Å². The number of ether oxygens (including phenoxy) is 1. The molecule has 0 fully saturated rings. The number of halogens is 2. The molecule has 0 spiro atoms. The van der Waals surface area contributed by atoms with Gasteiger partial charge in [-0.05, 0) is 18.2 Å². The second kappa shape index (κ2) is 4.98. The molecule has 90 valence electrons. The van der Waals surface area contributed by atoms with Crippen molar-refractivity contribution in [3.63, 3.8) is 0 Å². The number of benzene rings is 1. The molecule has 0 atom stereocenters. The molecule has 0 saturated carbocycles. The summed E-state index contributed by atoms with van der Waals surface area (Å²) >= 11 is 5.86. The Morgan fingerprint density at radius 3 is 2.83 bits per heavy atom. The van der Waals surface area contributed by atoms with Gasteiger partial charge in [-0.15, -0.1) is 0 Å². The molecule has 0 N–H and O–H groups in total. The maximum Gasteiger partial charge on any atom is 0.186 e. The monoisotopic (exact) mass is 263 g/mol. The first kappa shape index (κ1) is 12.3. The number of nitriles is 1. The molecule has 1 aromatic heterocycles. The lowest BCUT2D eigenvalue weighted by molar-refractivity contribution is 0.416. The van der Waals surface area contributed by atoms with E-state index in [1.54, 1.807) is 18.2 Å². The molecular weight excluding hydrogens is 257 g/mol. The summed E-state index contributed by atoms with van der Waals surface area (Å²) in [6, 6.07) is 6.40. The van der Waals surface area contributed by atoms with Crippen LogP contribution >= 0.6 is 11.6 Å². The number of hydrogen-bond donors (Lipinski definition) is 0. The van der Waals surface area contributed by atoms with Crippen molar-refractivity contribution >= 4 is 11.6 Å². The van der Waals surface area contributed by atoms with Gasteiger partial charge in [0.05, 0.1) is 7.11 Å². The molecule has 0 amide bonds. The Balaban J connectivity index is 2.69. The molecule has 0 saturated heterocycles. The Morgan fingerprint density at radius 1 is 1.39 bits per heavy atom. The second-order valence-electron chi connectivity index (χ2n) is 3.34. The van der Waals surface area contributed by atoms with Crippen molar-refractivity contribution in [1.29, 1.82) is 5.26 Å². The third-order valence-electron chi connectivity index (χ3n) is 2.31. The van der Waals surface area contributed by atoms with E-state index in [1.165, 1.54) is 13.2 Å². The van der Waals surface area contributed by atoms with Gasteiger partial charge in [-0.3, -0.25) is 0 Å². The lowest BCUT2D eigenvalue weighted by Gasteiger charge is -2.09. The molecular formula is C12H7ClFN3O. The minimum absolute atomic E-state index is 0.0131. The van der Waals surface area contributed by atoms with Gasteiger partial charge in [-0.25, -0.2) is 14.4 Å². The lowest BCUT2D eigenvalue weighted by Crippen LogP contribution is -1.98. The fraction of sp³-hybridized carbons (Fsp3) is 0.0833. The first-order valence-electron chi connectivity index (χ1n) is 4.92. The van der Waals surface area contributed by atoms with Crippen LogP contribution in [0.2, 0.25) is 5.02 Å². The van der Waals surface area contributed by atoms with Crippen molar-refractivity contribution in [1.82, 2.24) is 9.97 Å². The summed E-state index contributed by atoms with van der Waals surface area (Å²) in [5.41, 5.74) is 0.0457. The minimum atomic E-state index is -0.791. The molecule has 2 rings (SSSR count). The van der Waals surface area contributed by atoms with Crippen LogP contribution in [0.25, 0.3) is 11.3 Å². The Bertz CT molecular complexity index is 640. The summed E-state index contributed by atoms with van der Waals surface area (Å²) in [5.74, 6) is -0.374. The van der Waals surface area contributed by atoms with Crippen molar-refractivity contribution in [2.24, 2.45) is 0 Å². The summed E-state index contributed by atoms with van der Waals surface area (Å²) in [5, 5.41) is 9.15. The predicted molar refractivity (Wildman–Crippen MR) is 63.7 cm³/mol. The average molecular weight is 264 g/mol. The fourth-order valence-corrected chi connectivity index (χ4v) is 1.67. The van der Waals surface area contributed by atoms with Crippen LogP contribution in [0.15, 0.2) is 24.5 Å². The molecule has 1 heterocycles. The van der Waals surface area contributed by atoms with Crippen molar-refractivity contribution in [2.75, 3.05) is 7.11 Å². The molecule has 18 heavy (non-hydrogen) atoms. The fourth-order valence-electron chi connectivity index (χ4n) is 1.50. The summed E-state index contributed by atoms with van der Waals surface area (Å²) < 4.78 is 19.1. The van der Waals surface area contributed by atoms with Crippen LogP contribution in [0.4, 0.5) is 4.39 Å². The molecule has 0 radical (unpaired) electrons. The molecule has 4 nitrogen and oxygen atoms in total. The van der Waals surface area contributed by atoms with Crippen LogP contribution < -0.4 is 4.74 Å². The van der Waals surface area contributed by atoms with Gasteiger partial charge in [0.1, 0.15) is 23.8 Å². The van der Waals surface area contributed by atoms with E-state index >= 15 is 0 Å². The van der Waals surface area contributed by atoms with Crippen molar-refractivity contribution in [3.05, 3.63) is 41.1 Å². The molecule has 0 unspecified atom stereocenters. The zero-order valence-electron chi connectivity index (χ0n) is 9.32. The number of methoxy groups -OCH3 is 1. The highest BCUT2D eigenvalue weighted by molar-refractivity contribution is 6.30. The topological polar surface area (TPSA) is 58.8 Å². The second-order valence-corrected chi connectivity index (χ2v) is 3.78. The van der Waals surface area contributed by atoms with E-state index in [2.05, 4.69) is 9.97 Å². The predicted octanol–water partition coefficient (Wildman–Crippen LogP) is 2.82. The Hall–Kier alpha value is -2.19. The molecule has 2 aromatic rings. The molecule has 0 aliphatic carbocycles. The number of nitrogens with zero attached hydrogens (tertiary/aromatic N) is 3. The summed E-state index contributed by atoms with van der Waals surface area (Å²) in [6.45, 7) is 0. The standard InChI is InChI=1S/C12H7ClFN3O/c1-18-10-3-2-7(13)4-8(10)12-11(14)9(5-15)16-6-17-12/h2-4,6H,1H3.